The van der Waals surface area contributed by atoms with Crippen molar-refractivity contribution in [2.45, 2.75) is 39.7 Å². The number of halogens is 1. The SMILES string of the molecule is CCOC(=O)C(C)(C)C(O)(CC)c1cccc(Cl)c1. The Morgan fingerprint density at radius 1 is 1.37 bits per heavy atom. The smallest absolute Gasteiger partial charge is 0.314 e. The van der Waals surface area contributed by atoms with E-state index in [0.29, 0.717) is 17.0 Å². The van der Waals surface area contributed by atoms with Gasteiger partial charge in [-0.1, -0.05) is 30.7 Å². The van der Waals surface area contributed by atoms with E-state index in [1.54, 1.807) is 45.0 Å². The predicted molar refractivity (Wildman–Crippen MR) is 76.1 cm³/mol. The molecule has 19 heavy (non-hydrogen) atoms. The topological polar surface area (TPSA) is 46.5 Å². The number of hydrogen-bond acceptors (Lipinski definition) is 3. The van der Waals surface area contributed by atoms with Crippen molar-refractivity contribution in [1.29, 1.82) is 0 Å². The van der Waals surface area contributed by atoms with E-state index in [2.05, 4.69) is 0 Å². The molecule has 0 spiro atoms. The quantitative estimate of drug-likeness (QED) is 0.842. The number of ether oxygens (including phenoxy) is 1. The van der Waals surface area contributed by atoms with Gasteiger partial charge in [0.15, 0.2) is 0 Å². The number of aliphatic hydroxyl groups is 1. The first-order valence-corrected chi connectivity index (χ1v) is 6.83. The van der Waals surface area contributed by atoms with Gasteiger partial charge in [0.1, 0.15) is 5.60 Å². The molecule has 0 aliphatic rings. The Balaban J connectivity index is 3.26. The number of benzene rings is 1. The average Bonchev–Trinajstić information content (AvgIpc) is 2.37. The number of hydrogen-bond donors (Lipinski definition) is 1. The predicted octanol–water partition coefficient (Wildman–Crippen LogP) is 3.53. The van der Waals surface area contributed by atoms with Crippen molar-refractivity contribution in [2.24, 2.45) is 5.41 Å². The van der Waals surface area contributed by atoms with Crippen LogP contribution in [-0.4, -0.2) is 17.7 Å². The van der Waals surface area contributed by atoms with Gasteiger partial charge in [-0.05, 0) is 44.9 Å². The monoisotopic (exact) mass is 284 g/mol. The molecule has 4 heteroatoms. The minimum absolute atomic E-state index is 0.289. The summed E-state index contributed by atoms with van der Waals surface area (Å²) in [5.41, 5.74) is -1.74. The molecule has 1 rings (SSSR count). The maximum Gasteiger partial charge on any atom is 0.314 e. The maximum absolute atomic E-state index is 12.1. The van der Waals surface area contributed by atoms with E-state index in [-0.39, 0.29) is 6.61 Å². The van der Waals surface area contributed by atoms with E-state index < -0.39 is 17.0 Å². The Hall–Kier alpha value is -1.06. The van der Waals surface area contributed by atoms with Crippen molar-refractivity contribution < 1.29 is 14.6 Å². The lowest BCUT2D eigenvalue weighted by Crippen LogP contribution is -2.47. The molecule has 1 aromatic rings. The minimum atomic E-state index is -1.32. The Morgan fingerprint density at radius 2 is 2.00 bits per heavy atom. The molecule has 0 aromatic heterocycles. The van der Waals surface area contributed by atoms with Crippen LogP contribution < -0.4 is 0 Å². The molecule has 0 saturated carbocycles. The lowest BCUT2D eigenvalue weighted by Gasteiger charge is -2.40. The Morgan fingerprint density at radius 3 is 2.47 bits per heavy atom. The molecule has 0 saturated heterocycles. The summed E-state index contributed by atoms with van der Waals surface area (Å²) in [5, 5.41) is 11.5. The van der Waals surface area contributed by atoms with Crippen LogP contribution in [0.5, 0.6) is 0 Å². The highest BCUT2D eigenvalue weighted by atomic mass is 35.5. The van der Waals surface area contributed by atoms with Gasteiger partial charge in [-0.2, -0.15) is 0 Å². The molecule has 0 fully saturated rings. The van der Waals surface area contributed by atoms with Crippen molar-refractivity contribution in [2.75, 3.05) is 6.61 Å². The Kier molecular flexibility index (Phi) is 4.99. The first-order chi connectivity index (χ1) is 8.79. The summed E-state index contributed by atoms with van der Waals surface area (Å²) in [6.45, 7) is 7.25. The number of rotatable bonds is 5. The van der Waals surface area contributed by atoms with Gasteiger partial charge in [-0.3, -0.25) is 4.79 Å². The fourth-order valence-electron chi connectivity index (χ4n) is 2.23. The molecule has 106 valence electrons. The molecule has 0 aliphatic carbocycles. The molecule has 1 unspecified atom stereocenters. The highest BCUT2D eigenvalue weighted by Gasteiger charge is 2.49. The second-order valence-corrected chi connectivity index (χ2v) is 5.51. The molecule has 1 atom stereocenters. The number of carbonyl (C=O) groups is 1. The van der Waals surface area contributed by atoms with E-state index in [1.807, 2.05) is 6.92 Å². The summed E-state index contributed by atoms with van der Waals surface area (Å²) >= 11 is 5.97. The summed E-state index contributed by atoms with van der Waals surface area (Å²) in [7, 11) is 0. The summed E-state index contributed by atoms with van der Waals surface area (Å²) in [6.07, 6.45) is 0.388. The zero-order chi connectivity index (χ0) is 14.7. The summed E-state index contributed by atoms with van der Waals surface area (Å²) in [5.74, 6) is -0.417. The standard InChI is InChI=1S/C15H21ClO3/c1-5-15(18,11-8-7-9-12(16)10-11)14(3,4)13(17)19-6-2/h7-10,18H,5-6H2,1-4H3. The van der Waals surface area contributed by atoms with Crippen molar-refractivity contribution in [1.82, 2.24) is 0 Å². The summed E-state index contributed by atoms with van der Waals surface area (Å²) in [4.78, 5) is 12.1. The van der Waals surface area contributed by atoms with Gasteiger partial charge >= 0.3 is 5.97 Å². The lowest BCUT2D eigenvalue weighted by atomic mass is 9.69. The minimum Gasteiger partial charge on any atom is -0.465 e. The average molecular weight is 285 g/mol. The normalized spacial score (nSPS) is 14.8. The molecule has 0 amide bonds. The third-order valence-corrected chi connectivity index (χ3v) is 3.87. The van der Waals surface area contributed by atoms with E-state index in [1.165, 1.54) is 0 Å². The van der Waals surface area contributed by atoms with Gasteiger partial charge in [0.05, 0.1) is 12.0 Å². The second-order valence-electron chi connectivity index (χ2n) is 5.07. The molecular weight excluding hydrogens is 264 g/mol. The van der Waals surface area contributed by atoms with Gasteiger partial charge in [0.25, 0.3) is 0 Å². The molecule has 0 radical (unpaired) electrons. The van der Waals surface area contributed by atoms with Crippen molar-refractivity contribution in [3.05, 3.63) is 34.9 Å². The highest BCUT2D eigenvalue weighted by Crippen LogP contribution is 2.43. The zero-order valence-corrected chi connectivity index (χ0v) is 12.6. The fourth-order valence-corrected chi connectivity index (χ4v) is 2.42. The summed E-state index contributed by atoms with van der Waals surface area (Å²) < 4.78 is 5.07. The molecule has 1 N–H and O–H groups in total. The number of esters is 1. The second kappa shape index (κ2) is 5.93. The van der Waals surface area contributed by atoms with E-state index >= 15 is 0 Å². The van der Waals surface area contributed by atoms with Crippen molar-refractivity contribution >= 4 is 17.6 Å². The highest BCUT2D eigenvalue weighted by molar-refractivity contribution is 6.30. The first-order valence-electron chi connectivity index (χ1n) is 6.45. The van der Waals surface area contributed by atoms with Crippen molar-refractivity contribution in [3.8, 4) is 0 Å². The maximum atomic E-state index is 12.1. The molecular formula is C15H21ClO3. The number of carbonyl (C=O) groups excluding carboxylic acids is 1. The van der Waals surface area contributed by atoms with Gasteiger partial charge in [-0.15, -0.1) is 0 Å². The summed E-state index contributed by atoms with van der Waals surface area (Å²) in [6, 6.07) is 6.96. The van der Waals surface area contributed by atoms with Gasteiger partial charge in [-0.25, -0.2) is 0 Å². The molecule has 3 nitrogen and oxygen atoms in total. The molecule has 0 aliphatic heterocycles. The molecule has 1 aromatic carbocycles. The van der Waals surface area contributed by atoms with Crippen molar-refractivity contribution in [3.63, 3.8) is 0 Å². The molecule has 0 heterocycles. The van der Waals surface area contributed by atoms with Crippen LogP contribution in [-0.2, 0) is 15.1 Å². The van der Waals surface area contributed by atoms with Crippen LogP contribution >= 0.6 is 11.6 Å². The van der Waals surface area contributed by atoms with Crippen LogP contribution in [0.1, 0.15) is 39.7 Å². The van der Waals surface area contributed by atoms with Gasteiger partial charge in [0.2, 0.25) is 0 Å². The van der Waals surface area contributed by atoms with Crippen LogP contribution in [0.2, 0.25) is 5.02 Å². The van der Waals surface area contributed by atoms with Gasteiger partial charge < -0.3 is 9.84 Å². The first kappa shape index (κ1) is 16.0. The molecule has 0 bridgehead atoms. The largest absolute Gasteiger partial charge is 0.465 e. The third-order valence-electron chi connectivity index (χ3n) is 3.63. The van der Waals surface area contributed by atoms with Crippen LogP contribution in [0.3, 0.4) is 0 Å². The van der Waals surface area contributed by atoms with E-state index in [4.69, 9.17) is 16.3 Å². The van der Waals surface area contributed by atoms with Crippen LogP contribution in [0, 0.1) is 5.41 Å². The van der Waals surface area contributed by atoms with Crippen LogP contribution in [0.15, 0.2) is 24.3 Å². The van der Waals surface area contributed by atoms with Crippen LogP contribution in [0.4, 0.5) is 0 Å². The Labute approximate surface area is 119 Å². The Bertz CT molecular complexity index is 456. The van der Waals surface area contributed by atoms with Crippen LogP contribution in [0.25, 0.3) is 0 Å². The fraction of sp³-hybridized carbons (Fsp3) is 0.533. The van der Waals surface area contributed by atoms with E-state index in [0.717, 1.165) is 0 Å². The van der Waals surface area contributed by atoms with E-state index in [9.17, 15) is 9.90 Å². The van der Waals surface area contributed by atoms with Gasteiger partial charge in [0, 0.05) is 5.02 Å². The zero-order valence-electron chi connectivity index (χ0n) is 11.9. The lowest BCUT2D eigenvalue weighted by molar-refractivity contribution is -0.173. The third kappa shape index (κ3) is 2.93.